The monoisotopic (exact) mass is 565 g/mol. The average molecular weight is 565 g/mol. The van der Waals surface area contributed by atoms with E-state index in [1.807, 2.05) is 13.8 Å². The molecule has 0 spiro atoms. The third kappa shape index (κ3) is 4.02. The maximum Gasteiger partial charge on any atom is 0.440 e. The van der Waals surface area contributed by atoms with Gasteiger partial charge in [-0.15, -0.1) is 21.1 Å². The zero-order valence-electron chi connectivity index (χ0n) is 18.3. The summed E-state index contributed by atoms with van der Waals surface area (Å²) in [5.74, 6) is -23.3. The molecule has 0 bridgehead atoms. The molecule has 6 nitrogen and oxygen atoms in total. The fraction of sp³-hybridized carbons (Fsp3) is 0.400. The fourth-order valence-electron chi connectivity index (χ4n) is 3.23. The summed E-state index contributed by atoms with van der Waals surface area (Å²) in [6, 6.07) is 6.32. The Hall–Kier alpha value is -2.46. The number of carbonyl (C=O) groups excluding carboxylic acids is 2. The number of nitrogens with zero attached hydrogens (tertiary/aromatic N) is 1. The van der Waals surface area contributed by atoms with Crippen molar-refractivity contribution >= 4 is 44.5 Å². The van der Waals surface area contributed by atoms with E-state index in [-0.39, 0.29) is 10.6 Å². The van der Waals surface area contributed by atoms with E-state index >= 15 is 0 Å². The molecule has 1 aliphatic heterocycles. The van der Waals surface area contributed by atoms with Crippen molar-refractivity contribution in [3.63, 3.8) is 0 Å². The standard InChI is InChI=1S/C20H15F8NO5S2/c1-9(2)35-13-8-7-12-14-10(13)5-4-6-11(14)15(30)29(16(12)31)34-36(32,33)20(27,28)19(25,26)18(23,24)17(3,21)22/h4-9H,1-3H3. The highest BCUT2D eigenvalue weighted by atomic mass is 32.2. The van der Waals surface area contributed by atoms with Crippen molar-refractivity contribution in [3.05, 3.63) is 41.5 Å². The van der Waals surface area contributed by atoms with E-state index in [0.29, 0.717) is 10.3 Å². The number of amides is 2. The summed E-state index contributed by atoms with van der Waals surface area (Å²) in [5.41, 5.74) is -0.909. The minimum atomic E-state index is -7.34. The second-order valence-corrected chi connectivity index (χ2v) is 11.2. The van der Waals surface area contributed by atoms with Crippen LogP contribution in [0.1, 0.15) is 41.5 Å². The largest absolute Gasteiger partial charge is 0.440 e. The fourth-order valence-corrected chi connectivity index (χ4v) is 5.05. The number of benzene rings is 2. The number of hydrogen-bond donors (Lipinski definition) is 0. The molecule has 0 saturated heterocycles. The summed E-state index contributed by atoms with van der Waals surface area (Å²) in [6.45, 7) is 2.85. The second kappa shape index (κ2) is 8.55. The summed E-state index contributed by atoms with van der Waals surface area (Å²) in [4.78, 5) is 26.1. The first kappa shape index (κ1) is 28.1. The maximum atomic E-state index is 14.2. The molecule has 0 saturated carbocycles. The Kier molecular flexibility index (Phi) is 6.68. The summed E-state index contributed by atoms with van der Waals surface area (Å²) in [7, 11) is -7.34. The van der Waals surface area contributed by atoms with Crippen LogP contribution in [-0.4, -0.2) is 53.6 Å². The lowest BCUT2D eigenvalue weighted by Crippen LogP contribution is -2.64. The second-order valence-electron chi connectivity index (χ2n) is 7.99. The Morgan fingerprint density at radius 2 is 1.39 bits per heavy atom. The van der Waals surface area contributed by atoms with Crippen molar-refractivity contribution in [1.29, 1.82) is 0 Å². The normalized spacial score (nSPS) is 15.8. The summed E-state index contributed by atoms with van der Waals surface area (Å²) < 4.78 is 137. The SMILES string of the molecule is CC(C)Sc1ccc2c3c(cccc13)C(=O)N(OS(=O)(=O)C(F)(F)C(F)(F)C(F)(F)C(C)(F)F)C2=O. The van der Waals surface area contributed by atoms with Crippen LogP contribution < -0.4 is 0 Å². The van der Waals surface area contributed by atoms with Crippen LogP contribution in [0.25, 0.3) is 10.8 Å². The van der Waals surface area contributed by atoms with Gasteiger partial charge in [-0.25, -0.2) is 0 Å². The first-order valence-electron chi connectivity index (χ1n) is 9.75. The van der Waals surface area contributed by atoms with Crippen LogP contribution in [0.15, 0.2) is 35.2 Å². The van der Waals surface area contributed by atoms with E-state index in [1.54, 1.807) is 0 Å². The van der Waals surface area contributed by atoms with Crippen molar-refractivity contribution in [2.24, 2.45) is 0 Å². The number of rotatable bonds is 8. The van der Waals surface area contributed by atoms with E-state index in [9.17, 15) is 53.1 Å². The number of hydroxylamine groups is 2. The van der Waals surface area contributed by atoms with Gasteiger partial charge in [0.25, 0.3) is 11.8 Å². The first-order valence-corrected chi connectivity index (χ1v) is 12.0. The lowest BCUT2D eigenvalue weighted by Gasteiger charge is -2.35. The van der Waals surface area contributed by atoms with Crippen LogP contribution in [0.3, 0.4) is 0 Å². The van der Waals surface area contributed by atoms with Gasteiger partial charge in [0.15, 0.2) is 0 Å². The molecule has 2 aromatic carbocycles. The van der Waals surface area contributed by atoms with Gasteiger partial charge in [0.05, 0.1) is 11.1 Å². The average Bonchev–Trinajstić information content (AvgIpc) is 2.74. The molecule has 0 unspecified atom stereocenters. The molecule has 0 aromatic heterocycles. The molecule has 0 N–H and O–H groups in total. The van der Waals surface area contributed by atoms with Crippen molar-refractivity contribution in [1.82, 2.24) is 5.06 Å². The topological polar surface area (TPSA) is 80.8 Å². The zero-order chi connectivity index (χ0) is 27.6. The molecule has 0 fully saturated rings. The van der Waals surface area contributed by atoms with Crippen molar-refractivity contribution in [3.8, 4) is 0 Å². The van der Waals surface area contributed by atoms with E-state index in [4.69, 9.17) is 0 Å². The van der Waals surface area contributed by atoms with Crippen molar-refractivity contribution in [2.45, 2.75) is 53.9 Å². The van der Waals surface area contributed by atoms with Crippen molar-refractivity contribution < 1.29 is 57.4 Å². The molecule has 1 aliphatic rings. The molecule has 0 aliphatic carbocycles. The van der Waals surface area contributed by atoms with Crippen LogP contribution in [0.5, 0.6) is 0 Å². The number of hydrogen-bond acceptors (Lipinski definition) is 6. The Balaban J connectivity index is 2.08. The Morgan fingerprint density at radius 1 is 0.861 bits per heavy atom. The van der Waals surface area contributed by atoms with E-state index < -0.39 is 68.1 Å². The molecule has 198 valence electrons. The van der Waals surface area contributed by atoms with Crippen LogP contribution >= 0.6 is 11.8 Å². The van der Waals surface area contributed by atoms with Crippen LogP contribution in [0.4, 0.5) is 35.1 Å². The molecule has 0 atom stereocenters. The van der Waals surface area contributed by atoms with E-state index in [0.717, 1.165) is 12.1 Å². The quantitative estimate of drug-likeness (QED) is 0.232. The smallest absolute Gasteiger partial charge is 0.266 e. The van der Waals surface area contributed by atoms with E-state index in [2.05, 4.69) is 4.28 Å². The molecular formula is C20H15F8NO5S2. The summed E-state index contributed by atoms with van der Waals surface area (Å²) in [6.07, 6.45) is 0. The third-order valence-electron chi connectivity index (χ3n) is 4.99. The Morgan fingerprint density at radius 3 is 1.89 bits per heavy atom. The molecule has 16 heteroatoms. The Labute approximate surface area is 202 Å². The van der Waals surface area contributed by atoms with Gasteiger partial charge in [-0.05, 0) is 23.6 Å². The van der Waals surface area contributed by atoms with Gasteiger partial charge in [0, 0.05) is 22.5 Å². The number of alkyl halides is 8. The van der Waals surface area contributed by atoms with Gasteiger partial charge in [-0.3, -0.25) is 9.59 Å². The van der Waals surface area contributed by atoms with Gasteiger partial charge in [-0.2, -0.15) is 43.5 Å². The molecule has 36 heavy (non-hydrogen) atoms. The van der Waals surface area contributed by atoms with Gasteiger partial charge in [0.1, 0.15) is 0 Å². The first-order chi connectivity index (χ1) is 16.2. The molecule has 2 amide bonds. The number of imide groups is 1. The van der Waals surface area contributed by atoms with Gasteiger partial charge in [-0.1, -0.05) is 26.0 Å². The maximum absolute atomic E-state index is 14.2. The minimum absolute atomic E-state index is 0.0235. The Bertz CT molecular complexity index is 1330. The highest BCUT2D eigenvalue weighted by molar-refractivity contribution is 8.00. The summed E-state index contributed by atoms with van der Waals surface area (Å²) in [5, 5.41) is -7.47. The lowest BCUT2D eigenvalue weighted by molar-refractivity contribution is -0.344. The van der Waals surface area contributed by atoms with Gasteiger partial charge < -0.3 is 0 Å². The van der Waals surface area contributed by atoms with Crippen molar-refractivity contribution in [2.75, 3.05) is 0 Å². The van der Waals surface area contributed by atoms with Crippen LogP contribution in [0, 0.1) is 0 Å². The van der Waals surface area contributed by atoms with E-state index in [1.165, 1.54) is 30.0 Å². The predicted octanol–water partition coefficient (Wildman–Crippen LogP) is 5.72. The number of halogens is 8. The number of carbonyl (C=O) groups is 2. The third-order valence-corrected chi connectivity index (χ3v) is 7.30. The zero-order valence-corrected chi connectivity index (χ0v) is 19.9. The molecule has 1 heterocycles. The highest BCUT2D eigenvalue weighted by Crippen LogP contribution is 2.54. The van der Waals surface area contributed by atoms with Gasteiger partial charge >= 0.3 is 33.1 Å². The molecule has 2 aromatic rings. The van der Waals surface area contributed by atoms with Gasteiger partial charge in [0.2, 0.25) is 0 Å². The lowest BCUT2D eigenvalue weighted by atomic mass is 9.95. The highest BCUT2D eigenvalue weighted by Gasteiger charge is 2.84. The van der Waals surface area contributed by atoms with Crippen LogP contribution in [-0.2, 0) is 14.4 Å². The molecule has 3 rings (SSSR count). The predicted molar refractivity (Wildman–Crippen MR) is 111 cm³/mol. The molecule has 0 radical (unpaired) electrons. The number of thioether (sulfide) groups is 1. The summed E-state index contributed by atoms with van der Waals surface area (Å²) >= 11 is 1.33. The molecular weight excluding hydrogens is 550 g/mol. The minimum Gasteiger partial charge on any atom is -0.266 e. The van der Waals surface area contributed by atoms with Crippen LogP contribution in [0.2, 0.25) is 0 Å².